The third-order valence-electron chi connectivity index (χ3n) is 3.49. The van der Waals surface area contributed by atoms with E-state index < -0.39 is 0 Å². The molecule has 23 heavy (non-hydrogen) atoms. The van der Waals surface area contributed by atoms with Gasteiger partial charge in [0, 0.05) is 18.5 Å². The summed E-state index contributed by atoms with van der Waals surface area (Å²) in [5.74, 6) is -0.427. The van der Waals surface area contributed by atoms with Crippen LogP contribution in [0.2, 0.25) is 0 Å². The average molecular weight is 315 g/mol. The van der Waals surface area contributed by atoms with E-state index in [2.05, 4.69) is 15.3 Å². The van der Waals surface area contributed by atoms with Gasteiger partial charge in [-0.3, -0.25) is 9.59 Å². The van der Waals surface area contributed by atoms with Crippen LogP contribution < -0.4 is 5.32 Å². The molecule has 1 N–H and O–H groups in total. The molecule has 1 amide bonds. The van der Waals surface area contributed by atoms with Crippen molar-refractivity contribution in [2.45, 2.75) is 33.6 Å². The van der Waals surface area contributed by atoms with E-state index in [1.54, 1.807) is 25.1 Å². The molecule has 2 aromatic rings. The number of benzene rings is 1. The molecule has 0 aliphatic carbocycles. The van der Waals surface area contributed by atoms with Crippen LogP contribution in [0.3, 0.4) is 0 Å². The van der Waals surface area contributed by atoms with Crippen LogP contribution in [0.25, 0.3) is 11.0 Å². The summed E-state index contributed by atoms with van der Waals surface area (Å²) < 4.78 is 4.84. The van der Waals surface area contributed by atoms with E-state index in [1.807, 2.05) is 13.8 Å². The first kappa shape index (κ1) is 16.9. The Labute approximate surface area is 135 Å². The van der Waals surface area contributed by atoms with Crippen molar-refractivity contribution in [1.29, 1.82) is 0 Å². The smallest absolute Gasteiger partial charge is 0.305 e. The number of nitrogens with one attached hydrogen (secondary N) is 1. The molecule has 1 aromatic carbocycles. The molecule has 0 bridgehead atoms. The maximum Gasteiger partial charge on any atom is 0.305 e. The van der Waals surface area contributed by atoms with Crippen LogP contribution in [0.5, 0.6) is 0 Å². The van der Waals surface area contributed by atoms with Gasteiger partial charge in [0.05, 0.1) is 29.0 Å². The molecule has 1 heterocycles. The lowest BCUT2D eigenvalue weighted by atomic mass is 10.1. The van der Waals surface area contributed by atoms with Crippen molar-refractivity contribution in [3.05, 3.63) is 35.2 Å². The molecule has 0 spiro atoms. The van der Waals surface area contributed by atoms with Crippen molar-refractivity contribution in [3.63, 3.8) is 0 Å². The van der Waals surface area contributed by atoms with E-state index in [4.69, 9.17) is 4.74 Å². The second-order valence-corrected chi connectivity index (χ2v) is 5.26. The molecule has 0 radical (unpaired) electrons. The predicted octanol–water partition coefficient (Wildman–Crippen LogP) is 2.32. The van der Waals surface area contributed by atoms with Gasteiger partial charge in [-0.05, 0) is 45.4 Å². The molecular formula is C17H21N3O3. The minimum Gasteiger partial charge on any atom is -0.466 e. The van der Waals surface area contributed by atoms with Gasteiger partial charge in [0.25, 0.3) is 5.91 Å². The number of nitrogens with zero attached hydrogens (tertiary/aromatic N) is 2. The standard InChI is InChI=1S/C17H21N3O3/c1-4-23-16(21)6-5-9-18-17(22)13-7-8-14-15(10-13)20-12(3)11(2)19-14/h7-8,10H,4-6,9H2,1-3H3,(H,18,22). The van der Waals surface area contributed by atoms with Crippen molar-refractivity contribution >= 4 is 22.9 Å². The quantitative estimate of drug-likeness (QED) is 0.653. The number of aryl methyl sites for hydroxylation is 2. The van der Waals surface area contributed by atoms with Gasteiger partial charge < -0.3 is 10.1 Å². The molecule has 0 fully saturated rings. The predicted molar refractivity (Wildman–Crippen MR) is 87.2 cm³/mol. The van der Waals surface area contributed by atoms with Crippen molar-refractivity contribution in [3.8, 4) is 0 Å². The topological polar surface area (TPSA) is 81.2 Å². The van der Waals surface area contributed by atoms with Gasteiger partial charge in [-0.2, -0.15) is 0 Å². The molecule has 6 heteroatoms. The number of esters is 1. The summed E-state index contributed by atoms with van der Waals surface area (Å²) in [6.45, 7) is 6.37. The van der Waals surface area contributed by atoms with Gasteiger partial charge in [-0.1, -0.05) is 0 Å². The van der Waals surface area contributed by atoms with E-state index in [9.17, 15) is 9.59 Å². The van der Waals surface area contributed by atoms with Crippen LogP contribution in [-0.4, -0.2) is 35.0 Å². The largest absolute Gasteiger partial charge is 0.466 e. The maximum absolute atomic E-state index is 12.1. The molecule has 0 saturated heterocycles. The first-order chi connectivity index (χ1) is 11.0. The molecule has 6 nitrogen and oxygen atoms in total. The van der Waals surface area contributed by atoms with Crippen molar-refractivity contribution in [2.75, 3.05) is 13.2 Å². The van der Waals surface area contributed by atoms with Crippen LogP contribution in [-0.2, 0) is 9.53 Å². The summed E-state index contributed by atoms with van der Waals surface area (Å²) in [6.07, 6.45) is 0.853. The van der Waals surface area contributed by atoms with Gasteiger partial charge in [-0.25, -0.2) is 9.97 Å². The second kappa shape index (κ2) is 7.67. The molecule has 2 rings (SSSR count). The number of ether oxygens (including phenoxy) is 1. The second-order valence-electron chi connectivity index (χ2n) is 5.26. The lowest BCUT2D eigenvalue weighted by Crippen LogP contribution is -2.25. The Bertz CT molecular complexity index is 728. The fourth-order valence-corrected chi connectivity index (χ4v) is 2.14. The van der Waals surface area contributed by atoms with Crippen molar-refractivity contribution in [2.24, 2.45) is 0 Å². The number of fused-ring (bicyclic) bond motifs is 1. The zero-order chi connectivity index (χ0) is 16.8. The average Bonchev–Trinajstić information content (AvgIpc) is 2.52. The monoisotopic (exact) mass is 315 g/mol. The van der Waals surface area contributed by atoms with Crippen LogP contribution in [0.4, 0.5) is 0 Å². The zero-order valence-corrected chi connectivity index (χ0v) is 13.7. The zero-order valence-electron chi connectivity index (χ0n) is 13.7. The Kier molecular flexibility index (Phi) is 5.62. The van der Waals surface area contributed by atoms with Crippen LogP contribution >= 0.6 is 0 Å². The summed E-state index contributed by atoms with van der Waals surface area (Å²) in [4.78, 5) is 32.2. The number of hydrogen-bond acceptors (Lipinski definition) is 5. The molecule has 1 aromatic heterocycles. The Balaban J connectivity index is 1.96. The first-order valence-corrected chi connectivity index (χ1v) is 7.70. The third kappa shape index (κ3) is 4.48. The highest BCUT2D eigenvalue weighted by atomic mass is 16.5. The maximum atomic E-state index is 12.1. The molecule has 122 valence electrons. The fourth-order valence-electron chi connectivity index (χ4n) is 2.14. The Morgan fingerprint density at radius 1 is 1.13 bits per heavy atom. The van der Waals surface area contributed by atoms with E-state index in [0.717, 1.165) is 16.9 Å². The first-order valence-electron chi connectivity index (χ1n) is 7.70. The molecule has 0 aliphatic heterocycles. The number of carbonyl (C=O) groups excluding carboxylic acids is 2. The van der Waals surface area contributed by atoms with Gasteiger partial charge in [0.15, 0.2) is 0 Å². The molecule has 0 atom stereocenters. The number of aromatic nitrogens is 2. The number of carbonyl (C=O) groups is 2. The SMILES string of the molecule is CCOC(=O)CCCNC(=O)c1ccc2nc(C)c(C)nc2c1. The van der Waals surface area contributed by atoms with Gasteiger partial charge >= 0.3 is 5.97 Å². The van der Waals surface area contributed by atoms with Gasteiger partial charge in [-0.15, -0.1) is 0 Å². The Morgan fingerprint density at radius 2 is 1.83 bits per heavy atom. The summed E-state index contributed by atoms with van der Waals surface area (Å²) >= 11 is 0. The fraction of sp³-hybridized carbons (Fsp3) is 0.412. The minimum atomic E-state index is -0.242. The molecular weight excluding hydrogens is 294 g/mol. The number of hydrogen-bond donors (Lipinski definition) is 1. The van der Waals surface area contributed by atoms with Crippen LogP contribution in [0.1, 0.15) is 41.5 Å². The van der Waals surface area contributed by atoms with Crippen LogP contribution in [0.15, 0.2) is 18.2 Å². The highest BCUT2D eigenvalue weighted by molar-refractivity contribution is 5.97. The lowest BCUT2D eigenvalue weighted by Gasteiger charge is -2.07. The summed E-state index contributed by atoms with van der Waals surface area (Å²) in [5.41, 5.74) is 3.74. The normalized spacial score (nSPS) is 10.6. The molecule has 0 saturated carbocycles. The summed E-state index contributed by atoms with van der Waals surface area (Å²) in [5, 5.41) is 2.79. The van der Waals surface area contributed by atoms with Gasteiger partial charge in [0.1, 0.15) is 0 Å². The number of rotatable bonds is 6. The molecule has 0 unspecified atom stereocenters. The number of amides is 1. The Hall–Kier alpha value is -2.50. The van der Waals surface area contributed by atoms with Crippen molar-refractivity contribution in [1.82, 2.24) is 15.3 Å². The highest BCUT2D eigenvalue weighted by Gasteiger charge is 2.09. The highest BCUT2D eigenvalue weighted by Crippen LogP contribution is 2.14. The summed E-state index contributed by atoms with van der Waals surface area (Å²) in [6, 6.07) is 5.25. The van der Waals surface area contributed by atoms with E-state index in [1.165, 1.54) is 0 Å². The molecule has 0 aliphatic rings. The van der Waals surface area contributed by atoms with Crippen LogP contribution in [0, 0.1) is 13.8 Å². The van der Waals surface area contributed by atoms with E-state index >= 15 is 0 Å². The Morgan fingerprint density at radius 3 is 2.52 bits per heavy atom. The summed E-state index contributed by atoms with van der Waals surface area (Å²) in [7, 11) is 0. The minimum absolute atomic E-state index is 0.184. The van der Waals surface area contributed by atoms with E-state index in [0.29, 0.717) is 37.1 Å². The van der Waals surface area contributed by atoms with E-state index in [-0.39, 0.29) is 11.9 Å². The lowest BCUT2D eigenvalue weighted by molar-refractivity contribution is -0.143. The van der Waals surface area contributed by atoms with Crippen molar-refractivity contribution < 1.29 is 14.3 Å². The third-order valence-corrected chi connectivity index (χ3v) is 3.49. The van der Waals surface area contributed by atoms with Gasteiger partial charge in [0.2, 0.25) is 0 Å².